The van der Waals surface area contributed by atoms with Gasteiger partial charge in [-0.25, -0.2) is 9.97 Å². The van der Waals surface area contributed by atoms with E-state index in [1.807, 2.05) is 6.92 Å². The van der Waals surface area contributed by atoms with E-state index in [1.165, 1.54) is 6.33 Å². The van der Waals surface area contributed by atoms with E-state index in [2.05, 4.69) is 40.3 Å². The van der Waals surface area contributed by atoms with E-state index >= 15 is 0 Å². The lowest BCUT2D eigenvalue weighted by Gasteiger charge is -2.29. The van der Waals surface area contributed by atoms with Crippen molar-refractivity contribution in [2.24, 2.45) is 0 Å². The second-order valence-corrected chi connectivity index (χ2v) is 6.19. The topological polar surface area (TPSA) is 52.8 Å². The van der Waals surface area contributed by atoms with Crippen molar-refractivity contribution in [2.75, 3.05) is 7.11 Å². The smallest absolute Gasteiger partial charge is 0.245 e. The molecule has 0 aliphatic carbocycles. The van der Waals surface area contributed by atoms with E-state index in [0.29, 0.717) is 11.4 Å². The molecule has 2 aromatic heterocycles. The van der Waals surface area contributed by atoms with Gasteiger partial charge in [0, 0.05) is 5.54 Å². The number of aromatic nitrogens is 4. The maximum Gasteiger partial charge on any atom is 0.245 e. The first kappa shape index (κ1) is 15.0. The van der Waals surface area contributed by atoms with Gasteiger partial charge in [-0.15, -0.1) is 11.6 Å². The first-order valence-electron chi connectivity index (χ1n) is 6.84. The Balaban J connectivity index is 2.76. The fourth-order valence-corrected chi connectivity index (χ4v) is 2.77. The standard InChI is InChI=1S/C14H21ClN4O/c1-6-7-14(3,4)19-11(9(2)15)18-10-12(19)16-8-17-13(10)20-5/h8-9H,6-7H2,1-5H3. The minimum Gasteiger partial charge on any atom is -0.479 e. The number of fused-ring (bicyclic) bond motifs is 1. The third kappa shape index (κ3) is 2.46. The highest BCUT2D eigenvalue weighted by Gasteiger charge is 2.29. The summed E-state index contributed by atoms with van der Waals surface area (Å²) in [5, 5.41) is -0.204. The molecule has 0 spiro atoms. The van der Waals surface area contributed by atoms with Gasteiger partial charge in [0.2, 0.25) is 5.88 Å². The van der Waals surface area contributed by atoms with Gasteiger partial charge in [0.05, 0.1) is 12.5 Å². The van der Waals surface area contributed by atoms with Crippen molar-refractivity contribution in [1.29, 1.82) is 0 Å². The van der Waals surface area contributed by atoms with Gasteiger partial charge >= 0.3 is 0 Å². The lowest BCUT2D eigenvalue weighted by Crippen LogP contribution is -2.28. The van der Waals surface area contributed by atoms with Crippen molar-refractivity contribution in [1.82, 2.24) is 19.5 Å². The zero-order valence-electron chi connectivity index (χ0n) is 12.6. The Morgan fingerprint density at radius 3 is 2.65 bits per heavy atom. The molecule has 0 amide bonds. The fraction of sp³-hybridized carbons (Fsp3) is 0.643. The van der Waals surface area contributed by atoms with Crippen LogP contribution in [0.3, 0.4) is 0 Å². The average Bonchev–Trinajstić information content (AvgIpc) is 2.78. The van der Waals surface area contributed by atoms with E-state index < -0.39 is 0 Å². The Bertz CT molecular complexity index is 606. The molecular weight excluding hydrogens is 276 g/mol. The van der Waals surface area contributed by atoms with Crippen molar-refractivity contribution in [3.05, 3.63) is 12.2 Å². The molecule has 0 aliphatic heterocycles. The van der Waals surface area contributed by atoms with Crippen LogP contribution in [0, 0.1) is 0 Å². The van der Waals surface area contributed by atoms with Crippen LogP contribution >= 0.6 is 11.6 Å². The van der Waals surface area contributed by atoms with Gasteiger partial charge in [-0.2, -0.15) is 4.98 Å². The third-order valence-electron chi connectivity index (χ3n) is 3.45. The number of halogens is 1. The van der Waals surface area contributed by atoms with E-state index in [4.69, 9.17) is 16.3 Å². The molecule has 2 rings (SSSR count). The van der Waals surface area contributed by atoms with Gasteiger partial charge in [-0.05, 0) is 27.2 Å². The summed E-state index contributed by atoms with van der Waals surface area (Å²) in [7, 11) is 1.59. The van der Waals surface area contributed by atoms with Gasteiger partial charge in [0.15, 0.2) is 11.2 Å². The average molecular weight is 297 g/mol. The summed E-state index contributed by atoms with van der Waals surface area (Å²) in [6.45, 7) is 8.44. The molecule has 110 valence electrons. The molecule has 0 bridgehead atoms. The first-order chi connectivity index (χ1) is 9.42. The van der Waals surface area contributed by atoms with Crippen molar-refractivity contribution >= 4 is 22.8 Å². The SMILES string of the molecule is CCCC(C)(C)n1c(C(C)Cl)nc2c(OC)ncnc21. The maximum atomic E-state index is 6.31. The van der Waals surface area contributed by atoms with Crippen molar-refractivity contribution in [3.8, 4) is 5.88 Å². The molecule has 2 heterocycles. The van der Waals surface area contributed by atoms with Crippen molar-refractivity contribution in [2.45, 2.75) is 51.5 Å². The summed E-state index contributed by atoms with van der Waals surface area (Å²) in [6.07, 6.45) is 3.59. The monoisotopic (exact) mass is 296 g/mol. The van der Waals surface area contributed by atoms with Gasteiger partial charge in [-0.3, -0.25) is 0 Å². The fourth-order valence-electron chi connectivity index (χ4n) is 2.63. The molecule has 0 saturated heterocycles. The minimum atomic E-state index is -0.204. The molecule has 0 radical (unpaired) electrons. The summed E-state index contributed by atoms with van der Waals surface area (Å²) in [5.74, 6) is 1.29. The quantitative estimate of drug-likeness (QED) is 0.790. The second-order valence-electron chi connectivity index (χ2n) is 5.54. The van der Waals surface area contributed by atoms with E-state index in [-0.39, 0.29) is 10.9 Å². The summed E-state index contributed by atoms with van der Waals surface area (Å²) >= 11 is 6.31. The normalized spacial score (nSPS) is 13.7. The van der Waals surface area contributed by atoms with Crippen LogP contribution in [-0.2, 0) is 5.54 Å². The molecule has 0 saturated carbocycles. The molecule has 2 aromatic rings. The number of nitrogens with zero attached hydrogens (tertiary/aromatic N) is 4. The number of hydrogen-bond donors (Lipinski definition) is 0. The Hall–Kier alpha value is -1.36. The van der Waals surface area contributed by atoms with Gasteiger partial charge < -0.3 is 9.30 Å². The zero-order chi connectivity index (χ0) is 14.9. The number of hydrogen-bond acceptors (Lipinski definition) is 4. The number of methoxy groups -OCH3 is 1. The molecule has 20 heavy (non-hydrogen) atoms. The highest BCUT2D eigenvalue weighted by Crippen LogP contribution is 2.34. The summed E-state index contributed by atoms with van der Waals surface area (Å²) in [5.41, 5.74) is 1.33. The van der Waals surface area contributed by atoms with Crippen LogP contribution in [0.5, 0.6) is 5.88 Å². The number of ether oxygens (including phenoxy) is 1. The zero-order valence-corrected chi connectivity index (χ0v) is 13.4. The number of rotatable bonds is 5. The van der Waals surface area contributed by atoms with Crippen LogP contribution in [-0.4, -0.2) is 26.6 Å². The van der Waals surface area contributed by atoms with E-state index in [0.717, 1.165) is 24.3 Å². The maximum absolute atomic E-state index is 6.31. The van der Waals surface area contributed by atoms with Gasteiger partial charge in [0.1, 0.15) is 12.2 Å². The van der Waals surface area contributed by atoms with Gasteiger partial charge in [-0.1, -0.05) is 13.3 Å². The summed E-state index contributed by atoms with van der Waals surface area (Å²) in [4.78, 5) is 13.1. The Morgan fingerprint density at radius 1 is 1.40 bits per heavy atom. The Kier molecular flexibility index (Phi) is 4.18. The lowest BCUT2D eigenvalue weighted by atomic mass is 9.98. The van der Waals surface area contributed by atoms with Crippen LogP contribution in [0.25, 0.3) is 11.2 Å². The highest BCUT2D eigenvalue weighted by molar-refractivity contribution is 6.20. The van der Waals surface area contributed by atoms with E-state index in [9.17, 15) is 0 Å². The second kappa shape index (κ2) is 5.56. The molecule has 0 aromatic carbocycles. The van der Waals surface area contributed by atoms with Crippen LogP contribution in [0.15, 0.2) is 6.33 Å². The molecular formula is C14H21ClN4O. The van der Waals surface area contributed by atoms with Crippen LogP contribution < -0.4 is 4.74 Å². The Morgan fingerprint density at radius 2 is 2.10 bits per heavy atom. The number of imidazole rings is 1. The van der Waals surface area contributed by atoms with Crippen molar-refractivity contribution < 1.29 is 4.74 Å². The predicted molar refractivity (Wildman–Crippen MR) is 80.4 cm³/mol. The molecule has 0 aliphatic rings. The largest absolute Gasteiger partial charge is 0.479 e. The lowest BCUT2D eigenvalue weighted by molar-refractivity contribution is 0.321. The van der Waals surface area contributed by atoms with Crippen LogP contribution in [0.2, 0.25) is 0 Å². The molecule has 5 nitrogen and oxygen atoms in total. The molecule has 6 heteroatoms. The van der Waals surface area contributed by atoms with Crippen LogP contribution in [0.1, 0.15) is 51.7 Å². The predicted octanol–water partition coefficient (Wildman–Crippen LogP) is 3.67. The summed E-state index contributed by atoms with van der Waals surface area (Å²) < 4.78 is 7.40. The highest BCUT2D eigenvalue weighted by atomic mass is 35.5. The first-order valence-corrected chi connectivity index (χ1v) is 7.28. The van der Waals surface area contributed by atoms with Crippen LogP contribution in [0.4, 0.5) is 0 Å². The Labute approximate surface area is 124 Å². The van der Waals surface area contributed by atoms with Gasteiger partial charge in [0.25, 0.3) is 0 Å². The molecule has 0 N–H and O–H groups in total. The third-order valence-corrected chi connectivity index (χ3v) is 3.65. The summed E-state index contributed by atoms with van der Waals surface area (Å²) in [6, 6.07) is 0. The molecule has 0 fully saturated rings. The minimum absolute atomic E-state index is 0.110. The van der Waals surface area contributed by atoms with E-state index in [1.54, 1.807) is 7.11 Å². The molecule has 1 unspecified atom stereocenters. The number of alkyl halides is 1. The van der Waals surface area contributed by atoms with Crippen molar-refractivity contribution in [3.63, 3.8) is 0 Å². The molecule has 1 atom stereocenters.